The molecule has 2 unspecified atom stereocenters. The standard InChI is InChI=1S/C17H27NO3/c1-12(2)18-9-8-15(19)11-20-16-7-6-14-5-4-13(3)21-17(14)10-16/h6-7,10,12-13,15,18-19H,4-5,8-9,11H2,1-3H3. The monoisotopic (exact) mass is 293 g/mol. The van der Waals surface area contributed by atoms with Gasteiger partial charge in [-0.05, 0) is 44.4 Å². The molecule has 1 aromatic carbocycles. The van der Waals surface area contributed by atoms with Crippen molar-refractivity contribution in [1.82, 2.24) is 5.32 Å². The quantitative estimate of drug-likeness (QED) is 0.811. The summed E-state index contributed by atoms with van der Waals surface area (Å²) in [6.45, 7) is 7.39. The molecule has 0 bridgehead atoms. The van der Waals surface area contributed by atoms with Gasteiger partial charge < -0.3 is 19.9 Å². The van der Waals surface area contributed by atoms with E-state index in [1.807, 2.05) is 12.1 Å². The van der Waals surface area contributed by atoms with Crippen molar-refractivity contribution in [3.8, 4) is 11.5 Å². The van der Waals surface area contributed by atoms with Gasteiger partial charge in [-0.3, -0.25) is 0 Å². The molecule has 0 amide bonds. The molecule has 0 aromatic heterocycles. The molecule has 2 rings (SSSR count). The van der Waals surface area contributed by atoms with Gasteiger partial charge in [0.2, 0.25) is 0 Å². The second-order valence-electron chi connectivity index (χ2n) is 6.10. The van der Waals surface area contributed by atoms with E-state index in [0.717, 1.165) is 30.9 Å². The number of hydrogen-bond donors (Lipinski definition) is 2. The van der Waals surface area contributed by atoms with Crippen LogP contribution in [0.3, 0.4) is 0 Å². The minimum atomic E-state index is -0.452. The van der Waals surface area contributed by atoms with E-state index in [1.54, 1.807) is 0 Å². The molecule has 2 atom stereocenters. The minimum absolute atomic E-state index is 0.264. The lowest BCUT2D eigenvalue weighted by Crippen LogP contribution is -2.28. The average molecular weight is 293 g/mol. The van der Waals surface area contributed by atoms with Gasteiger partial charge in [-0.1, -0.05) is 19.9 Å². The van der Waals surface area contributed by atoms with Gasteiger partial charge in [0, 0.05) is 12.1 Å². The predicted molar refractivity (Wildman–Crippen MR) is 84.1 cm³/mol. The van der Waals surface area contributed by atoms with Gasteiger partial charge in [-0.25, -0.2) is 0 Å². The highest BCUT2D eigenvalue weighted by Crippen LogP contribution is 2.31. The molecule has 0 fully saturated rings. The van der Waals surface area contributed by atoms with Gasteiger partial charge in [0.15, 0.2) is 0 Å². The summed E-state index contributed by atoms with van der Waals surface area (Å²) >= 11 is 0. The summed E-state index contributed by atoms with van der Waals surface area (Å²) in [6, 6.07) is 6.39. The summed E-state index contributed by atoms with van der Waals surface area (Å²) in [6.07, 6.45) is 2.62. The van der Waals surface area contributed by atoms with E-state index < -0.39 is 6.10 Å². The van der Waals surface area contributed by atoms with Gasteiger partial charge >= 0.3 is 0 Å². The van der Waals surface area contributed by atoms with E-state index in [4.69, 9.17) is 9.47 Å². The normalized spacial score (nSPS) is 19.0. The summed E-state index contributed by atoms with van der Waals surface area (Å²) in [4.78, 5) is 0. The molecule has 118 valence electrons. The van der Waals surface area contributed by atoms with E-state index in [-0.39, 0.29) is 6.10 Å². The Morgan fingerprint density at radius 3 is 3.00 bits per heavy atom. The molecule has 1 aliphatic rings. The van der Waals surface area contributed by atoms with Crippen molar-refractivity contribution in [3.05, 3.63) is 23.8 Å². The van der Waals surface area contributed by atoms with E-state index in [0.29, 0.717) is 19.1 Å². The van der Waals surface area contributed by atoms with Gasteiger partial charge in [0.05, 0.1) is 12.2 Å². The molecular formula is C17H27NO3. The van der Waals surface area contributed by atoms with Gasteiger partial charge in [0.25, 0.3) is 0 Å². The number of hydrogen-bond acceptors (Lipinski definition) is 4. The topological polar surface area (TPSA) is 50.7 Å². The highest BCUT2D eigenvalue weighted by Gasteiger charge is 2.16. The number of nitrogens with one attached hydrogen (secondary N) is 1. The maximum atomic E-state index is 9.91. The molecule has 0 saturated heterocycles. The van der Waals surface area contributed by atoms with E-state index in [9.17, 15) is 5.11 Å². The van der Waals surface area contributed by atoms with Crippen LogP contribution in [0, 0.1) is 0 Å². The van der Waals surface area contributed by atoms with Crippen LogP contribution in [0.15, 0.2) is 18.2 Å². The number of fused-ring (bicyclic) bond motifs is 1. The molecule has 0 aliphatic carbocycles. The van der Waals surface area contributed by atoms with Crippen LogP contribution in [0.25, 0.3) is 0 Å². The number of rotatable bonds is 7. The van der Waals surface area contributed by atoms with E-state index in [1.165, 1.54) is 5.56 Å². The average Bonchev–Trinajstić information content (AvgIpc) is 2.44. The highest BCUT2D eigenvalue weighted by atomic mass is 16.5. The van der Waals surface area contributed by atoms with Crippen molar-refractivity contribution in [2.75, 3.05) is 13.2 Å². The first-order chi connectivity index (χ1) is 10.0. The van der Waals surface area contributed by atoms with Gasteiger partial charge in [-0.15, -0.1) is 0 Å². The van der Waals surface area contributed by atoms with Crippen molar-refractivity contribution in [2.45, 2.75) is 58.3 Å². The van der Waals surface area contributed by atoms with Crippen molar-refractivity contribution >= 4 is 0 Å². The van der Waals surface area contributed by atoms with E-state index in [2.05, 4.69) is 32.2 Å². The third-order valence-electron chi connectivity index (χ3n) is 3.66. The third-order valence-corrected chi connectivity index (χ3v) is 3.66. The van der Waals surface area contributed by atoms with Crippen LogP contribution < -0.4 is 14.8 Å². The van der Waals surface area contributed by atoms with Gasteiger partial charge in [0.1, 0.15) is 18.1 Å². The Kier molecular flexibility index (Phi) is 5.88. The molecule has 2 N–H and O–H groups in total. The van der Waals surface area contributed by atoms with Crippen LogP contribution in [-0.4, -0.2) is 36.5 Å². The van der Waals surface area contributed by atoms with Gasteiger partial charge in [-0.2, -0.15) is 0 Å². The SMILES string of the molecule is CC(C)NCCC(O)COc1ccc2c(c1)OC(C)CC2. The number of aryl methyl sites for hydroxylation is 1. The maximum absolute atomic E-state index is 9.91. The first-order valence-electron chi connectivity index (χ1n) is 7.88. The van der Waals surface area contributed by atoms with Crippen molar-refractivity contribution in [3.63, 3.8) is 0 Å². The van der Waals surface area contributed by atoms with Crippen molar-refractivity contribution in [1.29, 1.82) is 0 Å². The summed E-state index contributed by atoms with van der Waals surface area (Å²) in [5.74, 6) is 1.68. The van der Waals surface area contributed by atoms with Crippen LogP contribution in [-0.2, 0) is 6.42 Å². The number of ether oxygens (including phenoxy) is 2. The summed E-state index contributed by atoms with van der Waals surface area (Å²) in [7, 11) is 0. The molecular weight excluding hydrogens is 266 g/mol. The molecule has 4 nitrogen and oxygen atoms in total. The molecule has 1 aromatic rings. The lowest BCUT2D eigenvalue weighted by molar-refractivity contribution is 0.0990. The van der Waals surface area contributed by atoms with Crippen molar-refractivity contribution in [2.24, 2.45) is 0 Å². The smallest absolute Gasteiger partial charge is 0.126 e. The molecule has 4 heteroatoms. The fourth-order valence-electron chi connectivity index (χ4n) is 2.39. The molecule has 21 heavy (non-hydrogen) atoms. The minimum Gasteiger partial charge on any atom is -0.491 e. The zero-order chi connectivity index (χ0) is 15.2. The van der Waals surface area contributed by atoms with E-state index >= 15 is 0 Å². The molecule has 0 saturated carbocycles. The third kappa shape index (κ3) is 5.21. The number of aliphatic hydroxyl groups is 1. The molecule has 0 spiro atoms. The zero-order valence-corrected chi connectivity index (χ0v) is 13.3. The zero-order valence-electron chi connectivity index (χ0n) is 13.3. The Bertz CT molecular complexity index is 448. The van der Waals surface area contributed by atoms with Crippen LogP contribution >= 0.6 is 0 Å². The first kappa shape index (κ1) is 16.1. The Hall–Kier alpha value is -1.26. The summed E-state index contributed by atoms with van der Waals surface area (Å²) in [5, 5.41) is 13.2. The van der Waals surface area contributed by atoms with Crippen LogP contribution in [0.2, 0.25) is 0 Å². The second-order valence-corrected chi connectivity index (χ2v) is 6.10. The van der Waals surface area contributed by atoms with Crippen LogP contribution in [0.5, 0.6) is 11.5 Å². The first-order valence-corrected chi connectivity index (χ1v) is 7.88. The second kappa shape index (κ2) is 7.66. The lowest BCUT2D eigenvalue weighted by Gasteiger charge is -2.23. The number of benzene rings is 1. The maximum Gasteiger partial charge on any atom is 0.126 e. The molecule has 1 heterocycles. The van der Waals surface area contributed by atoms with Crippen LogP contribution in [0.4, 0.5) is 0 Å². The fourth-order valence-corrected chi connectivity index (χ4v) is 2.39. The van der Waals surface area contributed by atoms with Crippen LogP contribution in [0.1, 0.15) is 39.2 Å². The van der Waals surface area contributed by atoms with Crippen molar-refractivity contribution < 1.29 is 14.6 Å². The number of aliphatic hydroxyl groups excluding tert-OH is 1. The summed E-state index contributed by atoms with van der Waals surface area (Å²) < 4.78 is 11.5. The Labute approximate surface area is 127 Å². The molecule has 1 aliphatic heterocycles. The summed E-state index contributed by atoms with van der Waals surface area (Å²) in [5.41, 5.74) is 1.24. The Balaban J connectivity index is 1.79. The largest absolute Gasteiger partial charge is 0.491 e. The Morgan fingerprint density at radius 1 is 1.43 bits per heavy atom. The predicted octanol–water partition coefficient (Wildman–Crippen LogP) is 2.53. The lowest BCUT2D eigenvalue weighted by atomic mass is 10.0. The Morgan fingerprint density at radius 2 is 2.24 bits per heavy atom. The molecule has 0 radical (unpaired) electrons. The fraction of sp³-hybridized carbons (Fsp3) is 0.647. The highest BCUT2D eigenvalue weighted by molar-refractivity contribution is 5.42.